The van der Waals surface area contributed by atoms with E-state index in [2.05, 4.69) is 17.1 Å². The molecule has 2 heterocycles. The second kappa shape index (κ2) is 7.12. The molecule has 2 nitrogen and oxygen atoms in total. The molecule has 2 rings (SSSR count). The van der Waals surface area contributed by atoms with Crippen LogP contribution in [0.3, 0.4) is 0 Å². The zero-order valence-corrected chi connectivity index (χ0v) is 12.4. The Morgan fingerprint density at radius 3 is 2.70 bits per heavy atom. The molecule has 0 aromatic rings. The molecule has 1 N–H and O–H groups in total. The highest BCUT2D eigenvalue weighted by atomic mass is 19.4. The van der Waals surface area contributed by atoms with E-state index >= 15 is 0 Å². The van der Waals surface area contributed by atoms with Gasteiger partial charge in [-0.05, 0) is 64.5 Å². The summed E-state index contributed by atoms with van der Waals surface area (Å²) in [4.78, 5) is 2.41. The standard InChI is InChI=1S/C15H27F3N2/c1-12(5-2-8-15(16,17)18)20-10-4-6-13(11-20)14-7-3-9-19-14/h12-14,19H,2-11H2,1H3. The van der Waals surface area contributed by atoms with E-state index in [1.165, 1.54) is 25.7 Å². The van der Waals surface area contributed by atoms with Crippen LogP contribution in [0.5, 0.6) is 0 Å². The summed E-state index contributed by atoms with van der Waals surface area (Å²) in [6.45, 7) is 5.32. The Hall–Kier alpha value is -0.290. The zero-order valence-electron chi connectivity index (χ0n) is 12.4. The van der Waals surface area contributed by atoms with E-state index in [1.807, 2.05) is 0 Å². The molecule has 118 valence electrons. The lowest BCUT2D eigenvalue weighted by Crippen LogP contribution is -2.46. The number of nitrogens with one attached hydrogen (secondary N) is 1. The molecule has 0 saturated carbocycles. The first-order chi connectivity index (χ1) is 9.46. The summed E-state index contributed by atoms with van der Waals surface area (Å²) in [5.74, 6) is 0.691. The topological polar surface area (TPSA) is 15.3 Å². The average Bonchev–Trinajstić information content (AvgIpc) is 2.91. The minimum absolute atomic E-state index is 0.257. The molecule has 3 atom stereocenters. The fraction of sp³-hybridized carbons (Fsp3) is 1.00. The highest BCUT2D eigenvalue weighted by Crippen LogP contribution is 2.28. The number of hydrogen-bond acceptors (Lipinski definition) is 2. The Bertz CT molecular complexity index is 287. The largest absolute Gasteiger partial charge is 0.389 e. The summed E-state index contributed by atoms with van der Waals surface area (Å²) in [6, 6.07) is 0.918. The summed E-state index contributed by atoms with van der Waals surface area (Å²) in [5, 5.41) is 3.57. The number of alkyl halides is 3. The molecule has 0 aromatic carbocycles. The zero-order chi connectivity index (χ0) is 14.6. The van der Waals surface area contributed by atoms with Gasteiger partial charge in [-0.3, -0.25) is 0 Å². The molecule has 20 heavy (non-hydrogen) atoms. The Labute approximate surface area is 120 Å². The van der Waals surface area contributed by atoms with E-state index in [1.54, 1.807) is 0 Å². The Morgan fingerprint density at radius 1 is 1.25 bits per heavy atom. The number of hydrogen-bond donors (Lipinski definition) is 1. The molecule has 3 unspecified atom stereocenters. The van der Waals surface area contributed by atoms with Crippen molar-refractivity contribution in [1.29, 1.82) is 0 Å². The van der Waals surface area contributed by atoms with Crippen LogP contribution in [0.1, 0.15) is 51.9 Å². The third-order valence-electron chi connectivity index (χ3n) is 4.86. The average molecular weight is 292 g/mol. The summed E-state index contributed by atoms with van der Waals surface area (Å²) in [6.07, 6.45) is 1.26. The van der Waals surface area contributed by atoms with Gasteiger partial charge in [0.05, 0.1) is 0 Å². The van der Waals surface area contributed by atoms with Crippen molar-refractivity contribution in [2.24, 2.45) is 5.92 Å². The van der Waals surface area contributed by atoms with Crippen LogP contribution in [0, 0.1) is 5.92 Å². The first-order valence-corrected chi connectivity index (χ1v) is 8.00. The smallest absolute Gasteiger partial charge is 0.314 e. The van der Waals surface area contributed by atoms with Gasteiger partial charge in [0.25, 0.3) is 0 Å². The summed E-state index contributed by atoms with van der Waals surface area (Å²) in [5.41, 5.74) is 0. The van der Waals surface area contributed by atoms with Gasteiger partial charge in [0, 0.05) is 25.0 Å². The van der Waals surface area contributed by atoms with E-state index in [0.717, 1.165) is 19.6 Å². The Balaban J connectivity index is 1.73. The monoisotopic (exact) mass is 292 g/mol. The van der Waals surface area contributed by atoms with Crippen LogP contribution >= 0.6 is 0 Å². The maximum Gasteiger partial charge on any atom is 0.389 e. The number of halogens is 3. The first kappa shape index (κ1) is 16.1. The van der Waals surface area contributed by atoms with Gasteiger partial charge in [-0.2, -0.15) is 13.2 Å². The molecule has 2 aliphatic heterocycles. The van der Waals surface area contributed by atoms with Crippen LogP contribution < -0.4 is 5.32 Å². The molecule has 0 amide bonds. The van der Waals surface area contributed by atoms with Gasteiger partial charge >= 0.3 is 6.18 Å². The highest BCUT2D eigenvalue weighted by Gasteiger charge is 2.31. The molecular weight excluding hydrogens is 265 g/mol. The van der Waals surface area contributed by atoms with Crippen LogP contribution in [0.15, 0.2) is 0 Å². The predicted molar refractivity (Wildman–Crippen MR) is 74.7 cm³/mol. The predicted octanol–water partition coefficient (Wildman–Crippen LogP) is 3.57. The summed E-state index contributed by atoms with van der Waals surface area (Å²) < 4.78 is 36.6. The molecule has 0 bridgehead atoms. The van der Waals surface area contributed by atoms with Crippen molar-refractivity contribution >= 4 is 0 Å². The molecule has 5 heteroatoms. The molecule has 2 saturated heterocycles. The van der Waals surface area contributed by atoms with E-state index in [9.17, 15) is 13.2 Å². The number of likely N-dealkylation sites (tertiary alicyclic amines) is 1. The maximum absolute atomic E-state index is 12.2. The van der Waals surface area contributed by atoms with E-state index in [0.29, 0.717) is 18.4 Å². The van der Waals surface area contributed by atoms with E-state index < -0.39 is 12.6 Å². The number of piperidine rings is 1. The molecule has 0 spiro atoms. The SMILES string of the molecule is CC(CCCC(F)(F)F)N1CCCC(C2CCCN2)C1. The van der Waals surface area contributed by atoms with E-state index in [4.69, 9.17) is 0 Å². The van der Waals surface area contributed by atoms with Gasteiger partial charge in [-0.15, -0.1) is 0 Å². The lowest BCUT2D eigenvalue weighted by atomic mass is 9.89. The van der Waals surface area contributed by atoms with Crippen molar-refractivity contribution in [3.05, 3.63) is 0 Å². The second-order valence-corrected chi connectivity index (χ2v) is 6.46. The Morgan fingerprint density at radius 2 is 2.05 bits per heavy atom. The van der Waals surface area contributed by atoms with Gasteiger partial charge in [0.1, 0.15) is 0 Å². The quantitative estimate of drug-likeness (QED) is 0.833. The molecule has 0 radical (unpaired) electrons. The molecular formula is C15H27F3N2. The third kappa shape index (κ3) is 4.92. The minimum Gasteiger partial charge on any atom is -0.314 e. The van der Waals surface area contributed by atoms with Crippen molar-refractivity contribution in [2.75, 3.05) is 19.6 Å². The normalized spacial score (nSPS) is 30.6. The minimum atomic E-state index is -4.00. The van der Waals surface area contributed by atoms with Crippen molar-refractivity contribution in [2.45, 2.75) is 70.1 Å². The van der Waals surface area contributed by atoms with Crippen LogP contribution in [-0.2, 0) is 0 Å². The third-order valence-corrected chi connectivity index (χ3v) is 4.86. The fourth-order valence-corrected chi connectivity index (χ4v) is 3.66. The number of rotatable bonds is 5. The fourth-order valence-electron chi connectivity index (χ4n) is 3.66. The molecule has 2 aliphatic rings. The molecule has 2 fully saturated rings. The Kier molecular flexibility index (Phi) is 5.73. The lowest BCUT2D eigenvalue weighted by molar-refractivity contribution is -0.136. The van der Waals surface area contributed by atoms with Crippen LogP contribution in [-0.4, -0.2) is 42.8 Å². The van der Waals surface area contributed by atoms with Crippen molar-refractivity contribution in [3.8, 4) is 0 Å². The van der Waals surface area contributed by atoms with Gasteiger partial charge in [0.15, 0.2) is 0 Å². The van der Waals surface area contributed by atoms with Crippen molar-refractivity contribution in [1.82, 2.24) is 10.2 Å². The van der Waals surface area contributed by atoms with Gasteiger partial charge in [-0.25, -0.2) is 0 Å². The highest BCUT2D eigenvalue weighted by molar-refractivity contribution is 4.87. The maximum atomic E-state index is 12.2. The molecule has 0 aromatic heterocycles. The van der Waals surface area contributed by atoms with Crippen LogP contribution in [0.25, 0.3) is 0 Å². The van der Waals surface area contributed by atoms with Gasteiger partial charge < -0.3 is 10.2 Å². The van der Waals surface area contributed by atoms with E-state index in [-0.39, 0.29) is 12.5 Å². The van der Waals surface area contributed by atoms with Crippen molar-refractivity contribution in [3.63, 3.8) is 0 Å². The lowest BCUT2D eigenvalue weighted by Gasteiger charge is -2.39. The van der Waals surface area contributed by atoms with Crippen molar-refractivity contribution < 1.29 is 13.2 Å². The first-order valence-electron chi connectivity index (χ1n) is 8.00. The summed E-state index contributed by atoms with van der Waals surface area (Å²) >= 11 is 0. The van der Waals surface area contributed by atoms with Crippen LogP contribution in [0.4, 0.5) is 13.2 Å². The molecule has 0 aliphatic carbocycles. The number of nitrogens with zero attached hydrogens (tertiary/aromatic N) is 1. The van der Waals surface area contributed by atoms with Crippen LogP contribution in [0.2, 0.25) is 0 Å². The van der Waals surface area contributed by atoms with Gasteiger partial charge in [0.2, 0.25) is 0 Å². The van der Waals surface area contributed by atoms with Gasteiger partial charge in [-0.1, -0.05) is 0 Å². The summed E-state index contributed by atoms with van der Waals surface area (Å²) in [7, 11) is 0. The second-order valence-electron chi connectivity index (χ2n) is 6.46.